The number of hydrogen-bond donors (Lipinski definition) is 1. The van der Waals surface area contributed by atoms with Crippen LogP contribution in [0.3, 0.4) is 0 Å². The van der Waals surface area contributed by atoms with Crippen molar-refractivity contribution in [1.82, 2.24) is 0 Å². The maximum atomic E-state index is 12.9. The first-order valence-corrected chi connectivity index (χ1v) is 4.48. The molecule has 1 heterocycles. The highest BCUT2D eigenvalue weighted by Crippen LogP contribution is 2.39. The Bertz CT molecular complexity index is 348. The summed E-state index contributed by atoms with van der Waals surface area (Å²) in [5, 5.41) is 9.45. The molecule has 1 N–H and O–H groups in total. The number of carbonyl (C=O) groups is 1. The molecule has 0 saturated carbocycles. The van der Waals surface area contributed by atoms with Gasteiger partial charge in [-0.2, -0.15) is 8.78 Å². The summed E-state index contributed by atoms with van der Waals surface area (Å²) in [6.45, 7) is 1.54. The van der Waals surface area contributed by atoms with Gasteiger partial charge in [-0.05, 0) is 17.9 Å². The van der Waals surface area contributed by atoms with Crippen LogP contribution >= 0.6 is 22.9 Å². The minimum absolute atomic E-state index is 0.169. The molecule has 0 aliphatic heterocycles. The van der Waals surface area contributed by atoms with Gasteiger partial charge in [-0.3, -0.25) is 0 Å². The first-order chi connectivity index (χ1) is 5.87. The van der Waals surface area contributed by atoms with E-state index < -0.39 is 16.8 Å². The number of rotatable bonds is 2. The Morgan fingerprint density at radius 3 is 2.54 bits per heavy atom. The lowest BCUT2D eigenvalue weighted by Crippen LogP contribution is -2.24. The second-order valence-electron chi connectivity index (χ2n) is 2.44. The zero-order valence-electron chi connectivity index (χ0n) is 6.47. The zero-order chi connectivity index (χ0) is 10.2. The van der Waals surface area contributed by atoms with Gasteiger partial charge in [0.25, 0.3) is 0 Å². The Kier molecular flexibility index (Phi) is 2.58. The minimum atomic E-state index is -3.89. The molecule has 0 saturated heterocycles. The van der Waals surface area contributed by atoms with Crippen LogP contribution in [0.1, 0.15) is 10.4 Å². The fourth-order valence-corrected chi connectivity index (χ4v) is 2.02. The van der Waals surface area contributed by atoms with Crippen molar-refractivity contribution < 1.29 is 18.7 Å². The lowest BCUT2D eigenvalue weighted by molar-refractivity contribution is -0.165. The van der Waals surface area contributed by atoms with Crippen molar-refractivity contribution in [2.24, 2.45) is 0 Å². The highest BCUT2D eigenvalue weighted by atomic mass is 35.5. The fraction of sp³-hybridized carbons (Fsp3) is 0.286. The summed E-state index contributed by atoms with van der Waals surface area (Å²) >= 11 is 6.15. The Morgan fingerprint density at radius 2 is 2.23 bits per heavy atom. The number of aryl methyl sites for hydroxylation is 1. The average Bonchev–Trinajstić information content (AvgIpc) is 2.33. The van der Waals surface area contributed by atoms with E-state index in [4.69, 9.17) is 16.7 Å². The summed E-state index contributed by atoms with van der Waals surface area (Å²) in [6.07, 6.45) is 0. The van der Waals surface area contributed by atoms with Gasteiger partial charge >= 0.3 is 11.9 Å². The molecule has 72 valence electrons. The zero-order valence-corrected chi connectivity index (χ0v) is 8.05. The first-order valence-electron chi connectivity index (χ1n) is 3.22. The van der Waals surface area contributed by atoms with Gasteiger partial charge in [0, 0.05) is 0 Å². The van der Waals surface area contributed by atoms with E-state index in [9.17, 15) is 13.6 Å². The van der Waals surface area contributed by atoms with E-state index in [1.807, 2.05) is 0 Å². The summed E-state index contributed by atoms with van der Waals surface area (Å²) in [4.78, 5) is 9.57. The lowest BCUT2D eigenvalue weighted by atomic mass is 10.2. The number of alkyl halides is 2. The van der Waals surface area contributed by atoms with Crippen LogP contribution in [0.15, 0.2) is 5.38 Å². The third-order valence-corrected chi connectivity index (χ3v) is 3.22. The summed E-state index contributed by atoms with van der Waals surface area (Å²) < 4.78 is 25.8. The smallest absolute Gasteiger partial charge is 0.380 e. The summed E-state index contributed by atoms with van der Waals surface area (Å²) in [6, 6.07) is 0. The second kappa shape index (κ2) is 3.23. The van der Waals surface area contributed by atoms with Crippen LogP contribution in [-0.4, -0.2) is 11.1 Å². The Hall–Kier alpha value is -0.680. The lowest BCUT2D eigenvalue weighted by Gasteiger charge is -2.08. The molecule has 0 atom stereocenters. The summed E-state index contributed by atoms with van der Waals surface area (Å²) in [5.74, 6) is -6.08. The van der Waals surface area contributed by atoms with Gasteiger partial charge in [-0.25, -0.2) is 4.79 Å². The van der Waals surface area contributed by atoms with Gasteiger partial charge in [0.2, 0.25) is 0 Å². The van der Waals surface area contributed by atoms with Crippen LogP contribution in [0.25, 0.3) is 0 Å². The molecule has 0 aliphatic rings. The molecule has 0 bridgehead atoms. The van der Waals surface area contributed by atoms with Crippen LogP contribution in [0.5, 0.6) is 0 Å². The van der Waals surface area contributed by atoms with Gasteiger partial charge in [0.15, 0.2) is 0 Å². The van der Waals surface area contributed by atoms with Crippen molar-refractivity contribution in [3.8, 4) is 0 Å². The van der Waals surface area contributed by atoms with Crippen molar-refractivity contribution in [3.05, 3.63) is 20.8 Å². The molecule has 0 aliphatic carbocycles. The molecular weight excluding hydrogens is 222 g/mol. The van der Waals surface area contributed by atoms with Crippen LogP contribution in [0.4, 0.5) is 8.78 Å². The van der Waals surface area contributed by atoms with Crippen molar-refractivity contribution in [2.75, 3.05) is 0 Å². The van der Waals surface area contributed by atoms with Gasteiger partial charge in [-0.1, -0.05) is 11.6 Å². The SMILES string of the molecule is Cc1csc(C(F)(F)C(=O)O)c1Cl. The van der Waals surface area contributed by atoms with Crippen LogP contribution in [0, 0.1) is 6.92 Å². The van der Waals surface area contributed by atoms with Gasteiger partial charge in [0.1, 0.15) is 4.88 Å². The van der Waals surface area contributed by atoms with Crippen LogP contribution in [0.2, 0.25) is 5.02 Å². The van der Waals surface area contributed by atoms with Gasteiger partial charge in [-0.15, -0.1) is 11.3 Å². The molecule has 0 fully saturated rings. The Balaban J connectivity index is 3.22. The van der Waals surface area contributed by atoms with E-state index >= 15 is 0 Å². The molecular formula is C7H5ClF2O2S. The molecule has 0 amide bonds. The summed E-state index contributed by atoms with van der Waals surface area (Å²) in [5.41, 5.74) is 0.461. The Labute approximate surface area is 81.8 Å². The maximum Gasteiger partial charge on any atom is 0.380 e. The maximum absolute atomic E-state index is 12.9. The average molecular weight is 227 g/mol. The third kappa shape index (κ3) is 1.66. The predicted octanol–water partition coefficient (Wildman–Crippen LogP) is 2.89. The topological polar surface area (TPSA) is 37.3 Å². The van der Waals surface area contributed by atoms with E-state index in [-0.39, 0.29) is 5.02 Å². The van der Waals surface area contributed by atoms with Crippen molar-refractivity contribution in [1.29, 1.82) is 0 Å². The summed E-state index contributed by atoms with van der Waals surface area (Å²) in [7, 11) is 0. The first kappa shape index (κ1) is 10.4. The highest BCUT2D eigenvalue weighted by Gasteiger charge is 2.44. The van der Waals surface area contributed by atoms with Gasteiger partial charge in [0.05, 0.1) is 5.02 Å². The molecule has 1 rings (SSSR count). The van der Waals surface area contributed by atoms with Crippen molar-refractivity contribution in [3.63, 3.8) is 0 Å². The van der Waals surface area contributed by atoms with Crippen LogP contribution < -0.4 is 0 Å². The van der Waals surface area contributed by atoms with Crippen molar-refractivity contribution in [2.45, 2.75) is 12.8 Å². The fourth-order valence-electron chi connectivity index (χ4n) is 0.739. The third-order valence-electron chi connectivity index (χ3n) is 1.45. The molecule has 0 radical (unpaired) electrons. The second-order valence-corrected chi connectivity index (χ2v) is 3.70. The molecule has 13 heavy (non-hydrogen) atoms. The molecule has 2 nitrogen and oxygen atoms in total. The van der Waals surface area contributed by atoms with E-state index in [0.29, 0.717) is 16.9 Å². The highest BCUT2D eigenvalue weighted by molar-refractivity contribution is 7.11. The van der Waals surface area contributed by atoms with E-state index in [1.54, 1.807) is 6.92 Å². The van der Waals surface area contributed by atoms with E-state index in [0.717, 1.165) is 0 Å². The number of carboxylic acids is 1. The molecule has 6 heteroatoms. The molecule has 1 aromatic heterocycles. The monoisotopic (exact) mass is 226 g/mol. The largest absolute Gasteiger partial charge is 0.477 e. The van der Waals surface area contributed by atoms with Gasteiger partial charge < -0.3 is 5.11 Å². The number of halogens is 3. The quantitative estimate of drug-likeness (QED) is 0.842. The number of thiophene rings is 1. The van der Waals surface area contributed by atoms with Crippen molar-refractivity contribution >= 4 is 28.9 Å². The van der Waals surface area contributed by atoms with E-state index in [1.165, 1.54) is 5.38 Å². The molecule has 0 aromatic carbocycles. The van der Waals surface area contributed by atoms with Crippen LogP contribution in [-0.2, 0) is 10.7 Å². The normalized spacial score (nSPS) is 11.7. The van der Waals surface area contributed by atoms with E-state index in [2.05, 4.69) is 0 Å². The Morgan fingerprint density at radius 1 is 1.69 bits per heavy atom. The number of carboxylic acid groups (broad SMARTS) is 1. The molecule has 0 unspecified atom stereocenters. The number of aliphatic carboxylic acids is 1. The predicted molar refractivity (Wildman–Crippen MR) is 45.6 cm³/mol. The number of hydrogen-bond acceptors (Lipinski definition) is 2. The standard InChI is InChI=1S/C7H5ClF2O2S/c1-3-2-13-5(4(3)8)7(9,10)6(11)12/h2H,1H3,(H,11,12). The minimum Gasteiger partial charge on any atom is -0.477 e. The molecule has 1 aromatic rings. The molecule has 0 spiro atoms.